The third-order valence-electron chi connectivity index (χ3n) is 5.85. The van der Waals surface area contributed by atoms with Crippen LogP contribution in [0.5, 0.6) is 0 Å². The smallest absolute Gasteiger partial charge is 0.0580 e. The number of aromatic amines is 1. The molecule has 3 heterocycles. The van der Waals surface area contributed by atoms with Crippen molar-refractivity contribution in [1.29, 1.82) is 0 Å². The van der Waals surface area contributed by atoms with Crippen LogP contribution in [0.2, 0.25) is 0 Å². The molecule has 0 spiro atoms. The highest BCUT2D eigenvalue weighted by atomic mass is 16.3. The Morgan fingerprint density at radius 2 is 2.19 bits per heavy atom. The molecule has 2 aromatic rings. The lowest BCUT2D eigenvalue weighted by atomic mass is 9.68. The monoisotopic (exact) mass is 284 g/mol. The van der Waals surface area contributed by atoms with E-state index in [0.717, 1.165) is 25.8 Å². The number of nitrogens with zero attached hydrogens (tertiary/aromatic N) is 1. The van der Waals surface area contributed by atoms with Gasteiger partial charge < -0.3 is 10.1 Å². The van der Waals surface area contributed by atoms with Gasteiger partial charge in [0.1, 0.15) is 0 Å². The van der Waals surface area contributed by atoms with Crippen molar-refractivity contribution in [2.24, 2.45) is 5.41 Å². The molecule has 4 rings (SSSR count). The standard InChI is InChI=1S/C18H24N2O/c1-2-18(12-21)9-5-10-20-11-8-14-13-6-3-4-7-15(13)19-16(14)17(18)20/h3-4,6-7,17,19,21H,2,5,8-12H2,1H3/t17-,18?/m1/s1. The van der Waals surface area contributed by atoms with Crippen LogP contribution in [0.15, 0.2) is 24.3 Å². The molecular formula is C18H24N2O. The van der Waals surface area contributed by atoms with Crippen LogP contribution in [-0.2, 0) is 6.42 Å². The van der Waals surface area contributed by atoms with Crippen LogP contribution >= 0.6 is 0 Å². The van der Waals surface area contributed by atoms with Crippen LogP contribution in [0.3, 0.4) is 0 Å². The number of para-hydroxylation sites is 1. The summed E-state index contributed by atoms with van der Waals surface area (Å²) in [5.41, 5.74) is 4.13. The molecule has 112 valence electrons. The molecule has 0 radical (unpaired) electrons. The van der Waals surface area contributed by atoms with E-state index in [4.69, 9.17) is 0 Å². The lowest BCUT2D eigenvalue weighted by Gasteiger charge is -2.51. The van der Waals surface area contributed by atoms with E-state index in [9.17, 15) is 5.11 Å². The fourth-order valence-electron chi connectivity index (χ4n) is 4.64. The Morgan fingerprint density at radius 3 is 3.00 bits per heavy atom. The number of hydrogen-bond acceptors (Lipinski definition) is 2. The zero-order chi connectivity index (χ0) is 14.4. The van der Waals surface area contributed by atoms with Gasteiger partial charge in [0.15, 0.2) is 0 Å². The van der Waals surface area contributed by atoms with E-state index in [0.29, 0.717) is 12.6 Å². The Bertz CT molecular complexity index is 656. The highest BCUT2D eigenvalue weighted by Crippen LogP contribution is 2.51. The summed E-state index contributed by atoms with van der Waals surface area (Å²) in [6, 6.07) is 8.99. The van der Waals surface area contributed by atoms with Gasteiger partial charge in [0.2, 0.25) is 0 Å². The van der Waals surface area contributed by atoms with Crippen molar-refractivity contribution < 1.29 is 5.11 Å². The molecule has 0 aliphatic carbocycles. The Labute approximate surface area is 126 Å². The van der Waals surface area contributed by atoms with Gasteiger partial charge in [-0.1, -0.05) is 25.1 Å². The van der Waals surface area contributed by atoms with Gasteiger partial charge in [0, 0.05) is 28.6 Å². The number of aromatic nitrogens is 1. The molecule has 1 saturated heterocycles. The zero-order valence-corrected chi connectivity index (χ0v) is 12.7. The summed E-state index contributed by atoms with van der Waals surface area (Å²) in [5, 5.41) is 11.5. The summed E-state index contributed by atoms with van der Waals surface area (Å²) < 4.78 is 0. The summed E-state index contributed by atoms with van der Waals surface area (Å²) in [6.07, 6.45) is 4.51. The summed E-state index contributed by atoms with van der Waals surface area (Å²) >= 11 is 0. The van der Waals surface area contributed by atoms with Gasteiger partial charge in [0.25, 0.3) is 0 Å². The highest BCUT2D eigenvalue weighted by Gasteiger charge is 2.47. The van der Waals surface area contributed by atoms with E-state index in [1.54, 1.807) is 0 Å². The SMILES string of the molecule is CCC1(CO)CCCN2CCc3c([nH]c4ccccc34)[C@@H]21. The van der Waals surface area contributed by atoms with E-state index in [1.165, 1.54) is 35.1 Å². The second-order valence-corrected chi connectivity index (χ2v) is 6.73. The maximum absolute atomic E-state index is 10.1. The number of nitrogens with one attached hydrogen (secondary N) is 1. The van der Waals surface area contributed by atoms with Gasteiger partial charge >= 0.3 is 0 Å². The number of benzene rings is 1. The van der Waals surface area contributed by atoms with E-state index in [-0.39, 0.29) is 5.41 Å². The minimum Gasteiger partial charge on any atom is -0.396 e. The summed E-state index contributed by atoms with van der Waals surface area (Å²) in [6.45, 7) is 4.82. The molecule has 0 bridgehead atoms. The van der Waals surface area contributed by atoms with Gasteiger partial charge in [0.05, 0.1) is 12.6 Å². The third-order valence-corrected chi connectivity index (χ3v) is 5.85. The van der Waals surface area contributed by atoms with Gasteiger partial charge in [-0.15, -0.1) is 0 Å². The number of aliphatic hydroxyl groups is 1. The first kappa shape index (κ1) is 13.4. The number of aliphatic hydroxyl groups excluding tert-OH is 1. The van der Waals surface area contributed by atoms with Crippen LogP contribution < -0.4 is 0 Å². The fraction of sp³-hybridized carbons (Fsp3) is 0.556. The minimum atomic E-state index is 0.0221. The van der Waals surface area contributed by atoms with Crippen molar-refractivity contribution in [3.8, 4) is 0 Å². The first-order chi connectivity index (χ1) is 10.3. The molecular weight excluding hydrogens is 260 g/mol. The van der Waals surface area contributed by atoms with Gasteiger partial charge in [-0.3, -0.25) is 4.90 Å². The van der Waals surface area contributed by atoms with Crippen LogP contribution in [0.4, 0.5) is 0 Å². The van der Waals surface area contributed by atoms with Crippen molar-refractivity contribution in [3.63, 3.8) is 0 Å². The van der Waals surface area contributed by atoms with Crippen molar-refractivity contribution >= 4 is 10.9 Å². The van der Waals surface area contributed by atoms with Crippen LogP contribution in [0.1, 0.15) is 43.5 Å². The molecule has 21 heavy (non-hydrogen) atoms. The highest BCUT2D eigenvalue weighted by molar-refractivity contribution is 5.85. The second kappa shape index (κ2) is 4.85. The lowest BCUT2D eigenvalue weighted by Crippen LogP contribution is -2.50. The van der Waals surface area contributed by atoms with Crippen molar-refractivity contribution in [2.75, 3.05) is 19.7 Å². The summed E-state index contributed by atoms with van der Waals surface area (Å²) in [5.74, 6) is 0. The van der Waals surface area contributed by atoms with Crippen molar-refractivity contribution in [3.05, 3.63) is 35.5 Å². The van der Waals surface area contributed by atoms with Crippen LogP contribution in [-0.4, -0.2) is 34.7 Å². The van der Waals surface area contributed by atoms with Gasteiger partial charge in [-0.25, -0.2) is 0 Å². The van der Waals surface area contributed by atoms with E-state index in [1.807, 2.05) is 0 Å². The molecule has 1 fully saturated rings. The topological polar surface area (TPSA) is 39.3 Å². The first-order valence-corrected chi connectivity index (χ1v) is 8.23. The van der Waals surface area contributed by atoms with Crippen LogP contribution in [0, 0.1) is 5.41 Å². The largest absolute Gasteiger partial charge is 0.396 e. The fourth-order valence-corrected chi connectivity index (χ4v) is 4.64. The number of H-pyrrole nitrogens is 1. The predicted octanol–water partition coefficient (Wildman–Crippen LogP) is 3.25. The number of piperidine rings is 1. The third kappa shape index (κ3) is 1.80. The molecule has 0 saturated carbocycles. The predicted molar refractivity (Wildman–Crippen MR) is 85.4 cm³/mol. The maximum Gasteiger partial charge on any atom is 0.0580 e. The zero-order valence-electron chi connectivity index (χ0n) is 12.7. The van der Waals surface area contributed by atoms with Gasteiger partial charge in [-0.05, 0) is 43.9 Å². The molecule has 2 atom stereocenters. The number of rotatable bonds is 2. The lowest BCUT2D eigenvalue weighted by molar-refractivity contribution is -0.0379. The molecule has 1 unspecified atom stereocenters. The Balaban J connectivity index is 1.91. The molecule has 1 aromatic carbocycles. The molecule has 2 aliphatic rings. The van der Waals surface area contributed by atoms with E-state index < -0.39 is 0 Å². The second-order valence-electron chi connectivity index (χ2n) is 6.73. The Hall–Kier alpha value is -1.32. The average molecular weight is 284 g/mol. The van der Waals surface area contributed by atoms with Crippen molar-refractivity contribution in [1.82, 2.24) is 9.88 Å². The van der Waals surface area contributed by atoms with Gasteiger partial charge in [-0.2, -0.15) is 0 Å². The van der Waals surface area contributed by atoms with Crippen molar-refractivity contribution in [2.45, 2.75) is 38.6 Å². The quantitative estimate of drug-likeness (QED) is 0.888. The van der Waals surface area contributed by atoms with E-state index >= 15 is 0 Å². The molecule has 2 aliphatic heterocycles. The van der Waals surface area contributed by atoms with E-state index in [2.05, 4.69) is 41.1 Å². The Morgan fingerprint density at radius 1 is 1.33 bits per heavy atom. The molecule has 3 heteroatoms. The normalized spacial score (nSPS) is 29.3. The molecule has 1 aromatic heterocycles. The first-order valence-electron chi connectivity index (χ1n) is 8.23. The molecule has 3 nitrogen and oxygen atoms in total. The minimum absolute atomic E-state index is 0.0221. The molecule has 0 amide bonds. The maximum atomic E-state index is 10.1. The molecule has 2 N–H and O–H groups in total. The number of hydrogen-bond donors (Lipinski definition) is 2. The van der Waals surface area contributed by atoms with Crippen LogP contribution in [0.25, 0.3) is 10.9 Å². The summed E-state index contributed by atoms with van der Waals surface area (Å²) in [4.78, 5) is 6.28. The average Bonchev–Trinajstić information content (AvgIpc) is 2.92. The summed E-state index contributed by atoms with van der Waals surface area (Å²) in [7, 11) is 0. The Kier molecular flexibility index (Phi) is 3.09. The number of fused-ring (bicyclic) bond motifs is 5.